The lowest BCUT2D eigenvalue weighted by Gasteiger charge is -2.13. The minimum absolute atomic E-state index is 0.0990. The van der Waals surface area contributed by atoms with E-state index in [0.717, 1.165) is 56.1 Å². The van der Waals surface area contributed by atoms with Gasteiger partial charge in [-0.1, -0.05) is 38.8 Å². The SMILES string of the molecule is CCCCCNC(=NCc1ccc(S(N)(=O)=O)cc1)NCCn1cnnc1CC. The van der Waals surface area contributed by atoms with Crippen molar-refractivity contribution in [3.63, 3.8) is 0 Å². The van der Waals surface area contributed by atoms with E-state index in [1.807, 2.05) is 4.57 Å². The summed E-state index contributed by atoms with van der Waals surface area (Å²) in [5.74, 6) is 1.68. The molecule has 0 atom stereocenters. The summed E-state index contributed by atoms with van der Waals surface area (Å²) in [6, 6.07) is 6.45. The zero-order valence-corrected chi connectivity index (χ0v) is 18.0. The molecule has 10 heteroatoms. The molecule has 2 aromatic rings. The van der Waals surface area contributed by atoms with Crippen LogP contribution in [0.2, 0.25) is 0 Å². The third kappa shape index (κ3) is 7.82. The topological polar surface area (TPSA) is 127 Å². The largest absolute Gasteiger partial charge is 0.356 e. The van der Waals surface area contributed by atoms with Crippen LogP contribution in [0, 0.1) is 0 Å². The van der Waals surface area contributed by atoms with Gasteiger partial charge in [0.05, 0.1) is 11.4 Å². The number of aliphatic imine (C=N–C) groups is 1. The van der Waals surface area contributed by atoms with Crippen molar-refractivity contribution >= 4 is 16.0 Å². The standard InChI is InChI=1S/C19H31N7O2S/c1-3-5-6-11-21-19(22-12-13-26-15-24-25-18(26)4-2)23-14-16-7-9-17(10-8-16)29(20,27)28/h7-10,15H,3-6,11-14H2,1-2H3,(H2,20,27,28)(H2,21,22,23). The number of unbranched alkanes of at least 4 members (excludes halogenated alkanes) is 2. The second-order valence-electron chi connectivity index (χ2n) is 6.71. The van der Waals surface area contributed by atoms with Crippen molar-refractivity contribution in [1.82, 2.24) is 25.4 Å². The Morgan fingerprint density at radius 3 is 2.52 bits per heavy atom. The van der Waals surface area contributed by atoms with Crippen LogP contribution in [0.1, 0.15) is 44.5 Å². The molecule has 29 heavy (non-hydrogen) atoms. The number of rotatable bonds is 11. The minimum atomic E-state index is -3.68. The highest BCUT2D eigenvalue weighted by Crippen LogP contribution is 2.09. The first kappa shape index (κ1) is 22.8. The Morgan fingerprint density at radius 1 is 1.14 bits per heavy atom. The van der Waals surface area contributed by atoms with Crippen molar-refractivity contribution < 1.29 is 8.42 Å². The van der Waals surface area contributed by atoms with Crippen molar-refractivity contribution in [2.45, 2.75) is 57.5 Å². The molecule has 0 saturated carbocycles. The summed E-state index contributed by atoms with van der Waals surface area (Å²) in [6.07, 6.45) is 5.97. The van der Waals surface area contributed by atoms with Crippen LogP contribution in [-0.4, -0.2) is 42.2 Å². The van der Waals surface area contributed by atoms with E-state index in [-0.39, 0.29) is 4.90 Å². The zero-order chi connectivity index (χ0) is 21.1. The summed E-state index contributed by atoms with van der Waals surface area (Å²) < 4.78 is 24.7. The number of nitrogens with zero attached hydrogens (tertiary/aromatic N) is 4. The van der Waals surface area contributed by atoms with Crippen LogP contribution in [0.25, 0.3) is 0 Å². The second-order valence-corrected chi connectivity index (χ2v) is 8.27. The third-order valence-corrected chi connectivity index (χ3v) is 5.33. The van der Waals surface area contributed by atoms with Gasteiger partial charge in [0, 0.05) is 26.1 Å². The summed E-state index contributed by atoms with van der Waals surface area (Å²) in [6.45, 7) is 6.93. The van der Waals surface area contributed by atoms with Gasteiger partial charge in [-0.3, -0.25) is 0 Å². The van der Waals surface area contributed by atoms with E-state index < -0.39 is 10.0 Å². The van der Waals surface area contributed by atoms with Gasteiger partial charge in [-0.05, 0) is 24.1 Å². The van der Waals surface area contributed by atoms with Gasteiger partial charge in [-0.15, -0.1) is 10.2 Å². The summed E-state index contributed by atoms with van der Waals surface area (Å²) in [7, 11) is -3.68. The van der Waals surface area contributed by atoms with E-state index in [2.05, 4.69) is 39.7 Å². The van der Waals surface area contributed by atoms with Crippen molar-refractivity contribution in [3.8, 4) is 0 Å². The molecule has 0 spiro atoms. The van der Waals surface area contributed by atoms with Crippen LogP contribution in [0.5, 0.6) is 0 Å². The van der Waals surface area contributed by atoms with E-state index >= 15 is 0 Å². The highest BCUT2D eigenvalue weighted by atomic mass is 32.2. The first-order chi connectivity index (χ1) is 13.9. The van der Waals surface area contributed by atoms with Gasteiger partial charge in [-0.2, -0.15) is 0 Å². The molecule has 0 radical (unpaired) electrons. The van der Waals surface area contributed by atoms with Crippen LogP contribution in [0.15, 0.2) is 40.5 Å². The number of aromatic nitrogens is 3. The Bertz CT molecular complexity index is 876. The Hall–Kier alpha value is -2.46. The van der Waals surface area contributed by atoms with Crippen LogP contribution < -0.4 is 15.8 Å². The lowest BCUT2D eigenvalue weighted by atomic mass is 10.2. The molecule has 0 unspecified atom stereocenters. The molecular formula is C19H31N7O2S. The van der Waals surface area contributed by atoms with E-state index in [0.29, 0.717) is 13.1 Å². The van der Waals surface area contributed by atoms with Gasteiger partial charge in [0.15, 0.2) is 5.96 Å². The second kappa shape index (κ2) is 11.5. The van der Waals surface area contributed by atoms with Crippen molar-refractivity contribution in [1.29, 1.82) is 0 Å². The number of sulfonamides is 1. The predicted octanol–water partition coefficient (Wildman–Crippen LogP) is 1.41. The van der Waals surface area contributed by atoms with E-state index in [1.54, 1.807) is 18.5 Å². The molecule has 0 amide bonds. The van der Waals surface area contributed by atoms with Gasteiger partial charge in [0.1, 0.15) is 12.2 Å². The normalized spacial score (nSPS) is 12.2. The molecule has 1 heterocycles. The molecule has 0 aliphatic rings. The number of nitrogens with two attached hydrogens (primary N) is 1. The molecular weight excluding hydrogens is 390 g/mol. The number of nitrogens with one attached hydrogen (secondary N) is 2. The lowest BCUT2D eigenvalue weighted by molar-refractivity contribution is 0.597. The monoisotopic (exact) mass is 421 g/mol. The average Bonchev–Trinajstić information content (AvgIpc) is 3.16. The average molecular weight is 422 g/mol. The molecule has 4 N–H and O–H groups in total. The summed E-state index contributed by atoms with van der Waals surface area (Å²) >= 11 is 0. The van der Waals surface area contributed by atoms with E-state index in [4.69, 9.17) is 5.14 Å². The van der Waals surface area contributed by atoms with Gasteiger partial charge in [0.2, 0.25) is 10.0 Å². The maximum absolute atomic E-state index is 11.4. The summed E-state index contributed by atoms with van der Waals surface area (Å²) in [4.78, 5) is 4.72. The number of benzene rings is 1. The molecule has 0 aliphatic heterocycles. The fourth-order valence-electron chi connectivity index (χ4n) is 2.75. The van der Waals surface area contributed by atoms with Crippen LogP contribution in [-0.2, 0) is 29.5 Å². The number of aryl methyl sites for hydroxylation is 1. The van der Waals surface area contributed by atoms with Crippen LogP contribution in [0.4, 0.5) is 0 Å². The van der Waals surface area contributed by atoms with Crippen molar-refractivity contribution in [2.24, 2.45) is 10.1 Å². The maximum Gasteiger partial charge on any atom is 0.238 e. The van der Waals surface area contributed by atoms with Crippen molar-refractivity contribution in [2.75, 3.05) is 13.1 Å². The van der Waals surface area contributed by atoms with Crippen molar-refractivity contribution in [3.05, 3.63) is 42.0 Å². The summed E-state index contributed by atoms with van der Waals surface area (Å²) in [5.41, 5.74) is 0.902. The van der Waals surface area contributed by atoms with Crippen LogP contribution in [0.3, 0.4) is 0 Å². The quantitative estimate of drug-likeness (QED) is 0.286. The Kier molecular flexibility index (Phi) is 9.07. The Balaban J connectivity index is 1.96. The van der Waals surface area contributed by atoms with E-state index in [1.165, 1.54) is 12.1 Å². The Morgan fingerprint density at radius 2 is 1.86 bits per heavy atom. The first-order valence-corrected chi connectivity index (χ1v) is 11.5. The van der Waals surface area contributed by atoms with Gasteiger partial charge in [-0.25, -0.2) is 18.5 Å². The summed E-state index contributed by atoms with van der Waals surface area (Å²) in [5, 5.41) is 19.9. The predicted molar refractivity (Wildman–Crippen MR) is 114 cm³/mol. The highest BCUT2D eigenvalue weighted by Gasteiger charge is 2.07. The molecule has 0 fully saturated rings. The molecule has 1 aromatic carbocycles. The molecule has 160 valence electrons. The third-order valence-electron chi connectivity index (χ3n) is 4.40. The fourth-order valence-corrected chi connectivity index (χ4v) is 3.26. The minimum Gasteiger partial charge on any atom is -0.356 e. The van der Waals surface area contributed by atoms with Gasteiger partial charge < -0.3 is 15.2 Å². The highest BCUT2D eigenvalue weighted by molar-refractivity contribution is 7.89. The molecule has 0 saturated heterocycles. The number of guanidine groups is 1. The molecule has 0 bridgehead atoms. The number of hydrogen-bond donors (Lipinski definition) is 3. The Labute approximate surface area is 172 Å². The fraction of sp³-hybridized carbons (Fsp3) is 0.526. The van der Waals surface area contributed by atoms with Crippen LogP contribution >= 0.6 is 0 Å². The van der Waals surface area contributed by atoms with Gasteiger partial charge in [0.25, 0.3) is 0 Å². The first-order valence-electron chi connectivity index (χ1n) is 9.94. The molecule has 0 aliphatic carbocycles. The lowest BCUT2D eigenvalue weighted by Crippen LogP contribution is -2.39. The zero-order valence-electron chi connectivity index (χ0n) is 17.1. The molecule has 2 rings (SSSR count). The number of hydrogen-bond acceptors (Lipinski definition) is 5. The molecule has 9 nitrogen and oxygen atoms in total. The van der Waals surface area contributed by atoms with Gasteiger partial charge >= 0.3 is 0 Å². The number of primary sulfonamides is 1. The van der Waals surface area contributed by atoms with E-state index in [9.17, 15) is 8.42 Å². The molecule has 1 aromatic heterocycles. The maximum atomic E-state index is 11.4. The smallest absolute Gasteiger partial charge is 0.238 e.